The predicted molar refractivity (Wildman–Crippen MR) is 224 cm³/mol. The second kappa shape index (κ2) is 19.5. The number of nitrogens with one attached hydrogen (secondary N) is 3. The van der Waals surface area contributed by atoms with E-state index < -0.39 is 0 Å². The Kier molecular flexibility index (Phi) is 14.3. The lowest BCUT2D eigenvalue weighted by molar-refractivity contribution is -0.116. The van der Waals surface area contributed by atoms with E-state index in [2.05, 4.69) is 62.2 Å². The molecule has 2 atom stereocenters. The third-order valence-corrected chi connectivity index (χ3v) is 11.5. The molecule has 2 unspecified atom stereocenters. The second-order valence-corrected chi connectivity index (χ2v) is 16.0. The van der Waals surface area contributed by atoms with Crippen LogP contribution in [0.15, 0.2) is 66.9 Å². The summed E-state index contributed by atoms with van der Waals surface area (Å²) in [5, 5.41) is 21.9. The maximum Gasteiger partial charge on any atom is 0.224 e. The minimum Gasteiger partial charge on any atom is -0.492 e. The van der Waals surface area contributed by atoms with Crippen molar-refractivity contribution in [3.8, 4) is 17.6 Å². The fourth-order valence-electron chi connectivity index (χ4n) is 8.39. The number of rotatable bonds is 13. The first-order valence-corrected chi connectivity index (χ1v) is 20.6. The van der Waals surface area contributed by atoms with E-state index in [9.17, 15) is 10.1 Å². The van der Waals surface area contributed by atoms with Gasteiger partial charge < -0.3 is 30.3 Å². The number of anilines is 3. The molecule has 4 aromatic rings. The molecule has 2 heterocycles. The number of amides is 1. The van der Waals surface area contributed by atoms with Crippen molar-refractivity contribution in [2.24, 2.45) is 0 Å². The van der Waals surface area contributed by atoms with Crippen molar-refractivity contribution < 1.29 is 14.3 Å². The third-order valence-electron chi connectivity index (χ3n) is 11.2. The molecular weight excluding hydrogens is 708 g/mol. The van der Waals surface area contributed by atoms with Crippen LogP contribution in [0.3, 0.4) is 0 Å². The summed E-state index contributed by atoms with van der Waals surface area (Å²) in [6.45, 7) is 3.64. The molecule has 3 N–H and O–H groups in total. The number of carbonyl (C=O) groups is 1. The first-order chi connectivity index (χ1) is 26.8. The van der Waals surface area contributed by atoms with Gasteiger partial charge in [0.05, 0.1) is 34.1 Å². The molecule has 1 amide bonds. The van der Waals surface area contributed by atoms with Gasteiger partial charge in [-0.15, -0.1) is 0 Å². The topological polar surface area (TPSA) is 112 Å². The van der Waals surface area contributed by atoms with E-state index in [-0.39, 0.29) is 17.5 Å². The Morgan fingerprint density at radius 2 is 1.73 bits per heavy atom. The number of carbonyl (C=O) groups excluding carboxylic acids is 1. The van der Waals surface area contributed by atoms with Gasteiger partial charge in [-0.3, -0.25) is 9.78 Å². The number of aromatic nitrogens is 1. The highest BCUT2D eigenvalue weighted by molar-refractivity contribution is 6.32. The molecule has 3 aromatic carbocycles. The lowest BCUT2D eigenvalue weighted by Gasteiger charge is -2.47. The molecule has 292 valence electrons. The highest BCUT2D eigenvalue weighted by Gasteiger charge is 2.40. The van der Waals surface area contributed by atoms with Gasteiger partial charge in [0.1, 0.15) is 24.2 Å². The van der Waals surface area contributed by atoms with Crippen molar-refractivity contribution in [3.63, 3.8) is 0 Å². The monoisotopic (exact) mass is 764 g/mol. The van der Waals surface area contributed by atoms with Crippen LogP contribution >= 0.6 is 11.6 Å². The van der Waals surface area contributed by atoms with E-state index in [4.69, 9.17) is 21.1 Å². The zero-order valence-corrected chi connectivity index (χ0v) is 33.5. The quantitative estimate of drug-likeness (QED) is 0.123. The number of pyridine rings is 1. The van der Waals surface area contributed by atoms with Gasteiger partial charge in [0.2, 0.25) is 5.91 Å². The molecule has 0 bridgehead atoms. The van der Waals surface area contributed by atoms with Crippen LogP contribution in [0.4, 0.5) is 17.1 Å². The van der Waals surface area contributed by atoms with Crippen LogP contribution in [0.2, 0.25) is 5.02 Å². The summed E-state index contributed by atoms with van der Waals surface area (Å²) >= 11 is 6.94. The Hall–Kier alpha value is -4.36. The third kappa shape index (κ3) is 10.7. The molecule has 10 heteroatoms. The lowest BCUT2D eigenvalue weighted by Crippen LogP contribution is -2.58. The van der Waals surface area contributed by atoms with Crippen LogP contribution in [0.1, 0.15) is 107 Å². The molecular formula is C45H57ClN6O3. The summed E-state index contributed by atoms with van der Waals surface area (Å²) in [5.41, 5.74) is 4.28. The van der Waals surface area contributed by atoms with Crippen LogP contribution in [0, 0.1) is 11.3 Å². The smallest absolute Gasteiger partial charge is 0.224 e. The summed E-state index contributed by atoms with van der Waals surface area (Å²) < 4.78 is 12.5. The number of nitriles is 1. The number of hydrogen-bond acceptors (Lipinski definition) is 8. The molecule has 1 aliphatic carbocycles. The number of ether oxygens (including phenoxy) is 2. The average molecular weight is 765 g/mol. The molecule has 55 heavy (non-hydrogen) atoms. The highest BCUT2D eigenvalue weighted by atomic mass is 35.5. The van der Waals surface area contributed by atoms with Crippen molar-refractivity contribution in [3.05, 3.63) is 83.0 Å². The zero-order valence-electron chi connectivity index (χ0n) is 32.8. The minimum absolute atomic E-state index is 0.104. The normalized spacial score (nSPS) is 18.8. The SMILES string of the molecule is CCOc1cc2ncc(C#N)c(Nc3ccc(OCC4NC5(CCCCCCCCC5)CCC4c4ccccc4)c(Cl)c3)c2cc1NC(=O)CCCN(C)C. The Labute approximate surface area is 332 Å². The molecule has 1 saturated heterocycles. The van der Waals surface area contributed by atoms with Crippen molar-refractivity contribution in [2.75, 3.05) is 44.5 Å². The zero-order chi connectivity index (χ0) is 38.6. The van der Waals surface area contributed by atoms with Crippen molar-refractivity contribution in [2.45, 2.75) is 108 Å². The molecule has 2 aliphatic rings. The van der Waals surface area contributed by atoms with Gasteiger partial charge in [0.15, 0.2) is 0 Å². The maximum atomic E-state index is 12.9. The summed E-state index contributed by atoms with van der Waals surface area (Å²) in [6.07, 6.45) is 16.7. The van der Waals surface area contributed by atoms with Crippen LogP contribution in [-0.4, -0.2) is 61.2 Å². The fraction of sp³-hybridized carbons (Fsp3) is 0.489. The van der Waals surface area contributed by atoms with Gasteiger partial charge in [0.25, 0.3) is 0 Å². The van der Waals surface area contributed by atoms with Gasteiger partial charge in [-0.2, -0.15) is 5.26 Å². The number of piperidine rings is 1. The standard InChI is InChI=1S/C45H57ClN6O3/c1-4-54-42-28-38-36(27-39(42)50-43(53)18-15-25-52(2)3)44(33(29-47)30-48-38)49-34-19-20-41(37(46)26-34)55-31-40-35(32-16-11-10-12-17-32)21-24-45(51-40)22-13-8-6-5-7-9-14-23-45/h10-12,16-17,19-20,26-28,30,35,40,51H,4-9,13-15,18,21-25,31H2,1-3H3,(H,48,49)(H,50,53). The predicted octanol–water partition coefficient (Wildman–Crippen LogP) is 10.4. The van der Waals surface area contributed by atoms with Crippen LogP contribution in [-0.2, 0) is 4.79 Å². The van der Waals surface area contributed by atoms with Gasteiger partial charge in [-0.1, -0.05) is 86.9 Å². The molecule has 6 rings (SSSR count). The Morgan fingerprint density at radius 1 is 0.982 bits per heavy atom. The summed E-state index contributed by atoms with van der Waals surface area (Å²) in [5.74, 6) is 1.39. The molecule has 1 saturated carbocycles. The van der Waals surface area contributed by atoms with E-state index >= 15 is 0 Å². The lowest BCUT2D eigenvalue weighted by atomic mass is 9.72. The van der Waals surface area contributed by atoms with Gasteiger partial charge in [-0.25, -0.2) is 0 Å². The second-order valence-electron chi connectivity index (χ2n) is 15.6. The number of hydrogen-bond donors (Lipinski definition) is 3. The largest absolute Gasteiger partial charge is 0.492 e. The summed E-state index contributed by atoms with van der Waals surface area (Å²) in [4.78, 5) is 19.5. The van der Waals surface area contributed by atoms with E-state index in [1.54, 1.807) is 12.3 Å². The highest BCUT2D eigenvalue weighted by Crippen LogP contribution is 2.41. The van der Waals surface area contributed by atoms with E-state index in [0.29, 0.717) is 75.6 Å². The van der Waals surface area contributed by atoms with E-state index in [1.807, 2.05) is 45.3 Å². The van der Waals surface area contributed by atoms with E-state index in [1.165, 1.54) is 69.8 Å². The summed E-state index contributed by atoms with van der Waals surface area (Å²) in [6, 6.07) is 22.5. The number of fused-ring (bicyclic) bond motifs is 1. The van der Waals surface area contributed by atoms with Crippen molar-refractivity contribution in [1.29, 1.82) is 5.26 Å². The van der Waals surface area contributed by atoms with Crippen molar-refractivity contribution in [1.82, 2.24) is 15.2 Å². The minimum atomic E-state index is -0.104. The van der Waals surface area contributed by atoms with Crippen LogP contribution < -0.4 is 25.4 Å². The average Bonchev–Trinajstić information content (AvgIpc) is 3.18. The number of benzene rings is 3. The van der Waals surface area contributed by atoms with Crippen LogP contribution in [0.5, 0.6) is 11.5 Å². The van der Waals surface area contributed by atoms with Gasteiger partial charge in [-0.05, 0) is 89.5 Å². The molecule has 9 nitrogen and oxygen atoms in total. The summed E-state index contributed by atoms with van der Waals surface area (Å²) in [7, 11) is 3.97. The molecule has 1 aromatic heterocycles. The molecule has 1 aliphatic heterocycles. The van der Waals surface area contributed by atoms with E-state index in [0.717, 1.165) is 19.4 Å². The van der Waals surface area contributed by atoms with Crippen LogP contribution in [0.25, 0.3) is 10.9 Å². The first kappa shape index (κ1) is 40.3. The number of halogens is 1. The van der Waals surface area contributed by atoms with Gasteiger partial charge in [0, 0.05) is 47.3 Å². The first-order valence-electron chi connectivity index (χ1n) is 20.2. The van der Waals surface area contributed by atoms with Crippen molar-refractivity contribution >= 4 is 45.5 Å². The van der Waals surface area contributed by atoms with Gasteiger partial charge >= 0.3 is 0 Å². The maximum absolute atomic E-state index is 12.9. The Bertz CT molecular complexity index is 1920. The fourth-order valence-corrected chi connectivity index (χ4v) is 8.62. The Balaban J connectivity index is 1.21. The molecule has 2 fully saturated rings. The molecule has 1 spiro atoms. The number of nitrogens with zero attached hydrogens (tertiary/aromatic N) is 3. The Morgan fingerprint density at radius 3 is 2.42 bits per heavy atom. The molecule has 0 radical (unpaired) electrons.